The van der Waals surface area contributed by atoms with E-state index in [4.69, 9.17) is 0 Å². The van der Waals surface area contributed by atoms with Crippen LogP contribution in [0.4, 0.5) is 14.5 Å². The number of aromatic amines is 1. The summed E-state index contributed by atoms with van der Waals surface area (Å²) in [6.45, 7) is 0. The average Bonchev–Trinajstić information content (AvgIpc) is 2.60. The van der Waals surface area contributed by atoms with E-state index in [2.05, 4.69) is 15.1 Å². The molecular weight excluding hydrogens is 192 g/mol. The summed E-state index contributed by atoms with van der Waals surface area (Å²) in [7, 11) is 0. The summed E-state index contributed by atoms with van der Waals surface area (Å²) in [4.78, 5) is 16.3. The van der Waals surface area contributed by atoms with Gasteiger partial charge in [-0.3, -0.25) is 0 Å². The van der Waals surface area contributed by atoms with Gasteiger partial charge in [0.25, 0.3) is 6.43 Å². The monoisotopic (exact) mass is 197 g/mol. The van der Waals surface area contributed by atoms with E-state index in [1.54, 1.807) is 12.1 Å². The van der Waals surface area contributed by atoms with E-state index in [-0.39, 0.29) is 11.2 Å². The lowest BCUT2D eigenvalue weighted by Gasteiger charge is -1.88. The smallest absolute Gasteiger partial charge is 0.295 e. The average molecular weight is 197 g/mol. The third-order valence-corrected chi connectivity index (χ3v) is 1.81. The van der Waals surface area contributed by atoms with E-state index in [9.17, 15) is 13.7 Å². The third kappa shape index (κ3) is 1.24. The molecule has 1 N–H and O–H groups in total. The van der Waals surface area contributed by atoms with E-state index in [1.165, 1.54) is 6.07 Å². The summed E-state index contributed by atoms with van der Waals surface area (Å²) < 4.78 is 24.5. The molecule has 14 heavy (non-hydrogen) atoms. The number of nitroso groups, excluding NO2 is 1. The lowest BCUT2D eigenvalue weighted by atomic mass is 10.3. The molecule has 6 heteroatoms. The number of aromatic nitrogens is 2. The molecule has 0 saturated carbocycles. The molecule has 1 aromatic heterocycles. The standard InChI is InChI=1S/C8H5F2N3O/c9-7(10)8-11-4-2-1-3-5(13-14)6(4)12-8/h1-3,7H,(H,11,12). The van der Waals surface area contributed by atoms with Crippen molar-refractivity contribution in [3.05, 3.63) is 28.9 Å². The van der Waals surface area contributed by atoms with Crippen LogP contribution in [0.3, 0.4) is 0 Å². The topological polar surface area (TPSA) is 58.1 Å². The minimum atomic E-state index is -2.68. The molecule has 1 heterocycles. The first-order chi connectivity index (χ1) is 6.72. The zero-order valence-corrected chi connectivity index (χ0v) is 6.87. The Morgan fingerprint density at radius 1 is 1.43 bits per heavy atom. The number of fused-ring (bicyclic) bond motifs is 1. The van der Waals surface area contributed by atoms with Crippen LogP contribution in [0, 0.1) is 4.91 Å². The fraction of sp³-hybridized carbons (Fsp3) is 0.125. The van der Waals surface area contributed by atoms with E-state index < -0.39 is 12.2 Å². The Kier molecular flexibility index (Phi) is 1.95. The second kappa shape index (κ2) is 3.13. The Bertz CT molecular complexity index is 480. The van der Waals surface area contributed by atoms with E-state index in [0.29, 0.717) is 5.52 Å². The van der Waals surface area contributed by atoms with Crippen molar-refractivity contribution in [3.63, 3.8) is 0 Å². The molecule has 2 aromatic rings. The molecular formula is C8H5F2N3O. The Morgan fingerprint density at radius 2 is 2.21 bits per heavy atom. The number of para-hydroxylation sites is 1. The number of H-pyrrole nitrogens is 1. The Labute approximate surface area is 76.9 Å². The first-order valence-corrected chi connectivity index (χ1v) is 3.82. The first-order valence-electron chi connectivity index (χ1n) is 3.82. The lowest BCUT2D eigenvalue weighted by molar-refractivity contribution is 0.142. The number of halogens is 2. The van der Waals surface area contributed by atoms with E-state index in [1.807, 2.05) is 0 Å². The van der Waals surface area contributed by atoms with Crippen molar-refractivity contribution in [2.45, 2.75) is 6.43 Å². The van der Waals surface area contributed by atoms with Gasteiger partial charge in [-0.1, -0.05) is 6.07 Å². The highest BCUT2D eigenvalue weighted by Crippen LogP contribution is 2.26. The van der Waals surface area contributed by atoms with Crippen molar-refractivity contribution in [1.29, 1.82) is 0 Å². The third-order valence-electron chi connectivity index (χ3n) is 1.81. The summed E-state index contributed by atoms with van der Waals surface area (Å²) in [6, 6.07) is 4.53. The Morgan fingerprint density at radius 3 is 2.86 bits per heavy atom. The van der Waals surface area contributed by atoms with Crippen LogP contribution in [0.25, 0.3) is 11.0 Å². The Hall–Kier alpha value is -1.85. The number of alkyl halides is 2. The SMILES string of the molecule is O=Nc1cccc2[nH]c(C(F)F)nc12. The molecule has 0 fully saturated rings. The van der Waals surface area contributed by atoms with Crippen LogP contribution in [0.2, 0.25) is 0 Å². The van der Waals surface area contributed by atoms with Crippen molar-refractivity contribution in [3.8, 4) is 0 Å². The number of benzene rings is 1. The zero-order chi connectivity index (χ0) is 10.1. The van der Waals surface area contributed by atoms with Crippen LogP contribution in [0.1, 0.15) is 12.2 Å². The summed E-state index contributed by atoms with van der Waals surface area (Å²) in [5.41, 5.74) is 0.626. The molecule has 4 nitrogen and oxygen atoms in total. The quantitative estimate of drug-likeness (QED) is 0.752. The first kappa shape index (κ1) is 8.74. The Balaban J connectivity index is 2.70. The van der Waals surface area contributed by atoms with Crippen LogP contribution in [0.15, 0.2) is 23.4 Å². The number of hydrogen-bond acceptors (Lipinski definition) is 3. The molecule has 0 saturated heterocycles. The van der Waals surface area contributed by atoms with Gasteiger partial charge in [0.2, 0.25) is 0 Å². The van der Waals surface area contributed by atoms with E-state index in [0.717, 1.165) is 0 Å². The fourth-order valence-corrected chi connectivity index (χ4v) is 1.21. The van der Waals surface area contributed by atoms with Gasteiger partial charge in [-0.15, -0.1) is 4.91 Å². The molecule has 0 bridgehead atoms. The second-order valence-corrected chi connectivity index (χ2v) is 2.69. The largest absolute Gasteiger partial charge is 0.337 e. The highest BCUT2D eigenvalue weighted by Gasteiger charge is 2.14. The number of nitrogens with zero attached hydrogens (tertiary/aromatic N) is 2. The number of rotatable bonds is 2. The van der Waals surface area contributed by atoms with Gasteiger partial charge in [0.05, 0.1) is 5.52 Å². The maximum atomic E-state index is 12.2. The van der Waals surface area contributed by atoms with Gasteiger partial charge in [0.15, 0.2) is 5.82 Å². The molecule has 72 valence electrons. The van der Waals surface area contributed by atoms with Gasteiger partial charge in [-0.05, 0) is 17.3 Å². The molecule has 2 rings (SSSR count). The normalized spacial score (nSPS) is 11.1. The molecule has 0 aliphatic carbocycles. The van der Waals surface area contributed by atoms with Crippen LogP contribution in [-0.4, -0.2) is 9.97 Å². The summed E-state index contributed by atoms with van der Waals surface area (Å²) >= 11 is 0. The van der Waals surface area contributed by atoms with Crippen LogP contribution < -0.4 is 0 Å². The molecule has 0 radical (unpaired) electrons. The number of imidazole rings is 1. The zero-order valence-electron chi connectivity index (χ0n) is 6.87. The maximum absolute atomic E-state index is 12.2. The van der Waals surface area contributed by atoms with Gasteiger partial charge in [0.1, 0.15) is 11.2 Å². The van der Waals surface area contributed by atoms with Crippen LogP contribution >= 0.6 is 0 Å². The maximum Gasteiger partial charge on any atom is 0.295 e. The van der Waals surface area contributed by atoms with Gasteiger partial charge < -0.3 is 4.98 Å². The highest BCUT2D eigenvalue weighted by molar-refractivity contribution is 5.86. The van der Waals surface area contributed by atoms with Crippen molar-refractivity contribution in [2.24, 2.45) is 5.18 Å². The molecule has 0 spiro atoms. The highest BCUT2D eigenvalue weighted by atomic mass is 19.3. The summed E-state index contributed by atoms with van der Waals surface area (Å²) in [5, 5.41) is 2.69. The number of nitrogens with one attached hydrogen (secondary N) is 1. The summed E-state index contributed by atoms with van der Waals surface area (Å²) in [6.07, 6.45) is -2.68. The molecule has 0 aliphatic rings. The number of hydrogen-bond donors (Lipinski definition) is 1. The van der Waals surface area contributed by atoms with Gasteiger partial charge in [-0.2, -0.15) is 0 Å². The molecule has 0 atom stereocenters. The van der Waals surface area contributed by atoms with Crippen molar-refractivity contribution in [1.82, 2.24) is 9.97 Å². The van der Waals surface area contributed by atoms with Gasteiger partial charge in [-0.25, -0.2) is 13.8 Å². The van der Waals surface area contributed by atoms with Crippen molar-refractivity contribution in [2.75, 3.05) is 0 Å². The van der Waals surface area contributed by atoms with Crippen LogP contribution in [0.5, 0.6) is 0 Å². The fourth-order valence-electron chi connectivity index (χ4n) is 1.21. The van der Waals surface area contributed by atoms with E-state index >= 15 is 0 Å². The lowest BCUT2D eigenvalue weighted by Crippen LogP contribution is -1.84. The second-order valence-electron chi connectivity index (χ2n) is 2.69. The molecule has 0 aliphatic heterocycles. The van der Waals surface area contributed by atoms with Crippen molar-refractivity contribution < 1.29 is 8.78 Å². The summed E-state index contributed by atoms with van der Waals surface area (Å²) in [5.74, 6) is -0.448. The molecule has 0 unspecified atom stereocenters. The van der Waals surface area contributed by atoms with Crippen molar-refractivity contribution >= 4 is 16.7 Å². The molecule has 0 amide bonds. The molecule has 1 aromatic carbocycles. The van der Waals surface area contributed by atoms with Crippen LogP contribution in [-0.2, 0) is 0 Å². The van der Waals surface area contributed by atoms with Gasteiger partial charge in [0, 0.05) is 0 Å². The predicted octanol–water partition coefficient (Wildman–Crippen LogP) is 2.90. The predicted molar refractivity (Wildman–Crippen MR) is 46.5 cm³/mol. The minimum Gasteiger partial charge on any atom is -0.337 e. The minimum absolute atomic E-state index is 0.0608. The van der Waals surface area contributed by atoms with Gasteiger partial charge >= 0.3 is 0 Å².